The van der Waals surface area contributed by atoms with Gasteiger partial charge in [0.15, 0.2) is 9.84 Å². The monoisotopic (exact) mass is 247 g/mol. The van der Waals surface area contributed by atoms with Gasteiger partial charge < -0.3 is 5.73 Å². The standard InChI is InChI=1S/C12H25NO2S/c1-4-7-16(14,15)12-8-10(9(2)3)5-6-11(12)13/h9-12H,4-8,13H2,1-3H3. The van der Waals surface area contributed by atoms with Crippen molar-refractivity contribution in [1.82, 2.24) is 0 Å². The summed E-state index contributed by atoms with van der Waals surface area (Å²) in [6.07, 6.45) is 3.40. The van der Waals surface area contributed by atoms with Crippen molar-refractivity contribution in [3.8, 4) is 0 Å². The highest BCUT2D eigenvalue weighted by atomic mass is 32.2. The van der Waals surface area contributed by atoms with E-state index in [1.165, 1.54) is 0 Å². The maximum absolute atomic E-state index is 12.1. The number of hydrogen-bond acceptors (Lipinski definition) is 3. The first kappa shape index (κ1) is 14.0. The third-order valence-electron chi connectivity index (χ3n) is 3.78. The molecule has 2 N–H and O–H groups in total. The van der Waals surface area contributed by atoms with Gasteiger partial charge in [-0.1, -0.05) is 20.8 Å². The molecule has 0 saturated heterocycles. The van der Waals surface area contributed by atoms with Crippen LogP contribution in [0.4, 0.5) is 0 Å². The van der Waals surface area contributed by atoms with E-state index in [1.807, 2.05) is 6.92 Å². The van der Waals surface area contributed by atoms with Gasteiger partial charge in [0.1, 0.15) is 0 Å². The van der Waals surface area contributed by atoms with Crippen molar-refractivity contribution in [2.45, 2.75) is 57.7 Å². The Morgan fingerprint density at radius 2 is 1.94 bits per heavy atom. The van der Waals surface area contributed by atoms with E-state index in [1.54, 1.807) is 0 Å². The predicted octanol–water partition coefficient (Wildman–Crippen LogP) is 1.96. The molecule has 0 bridgehead atoms. The van der Waals surface area contributed by atoms with E-state index in [4.69, 9.17) is 5.73 Å². The zero-order chi connectivity index (χ0) is 12.3. The molecule has 0 amide bonds. The number of sulfone groups is 1. The van der Waals surface area contributed by atoms with Gasteiger partial charge in [-0.2, -0.15) is 0 Å². The Bertz CT molecular complexity index is 311. The molecule has 16 heavy (non-hydrogen) atoms. The van der Waals surface area contributed by atoms with Crippen LogP contribution in [0.2, 0.25) is 0 Å². The smallest absolute Gasteiger partial charge is 0.154 e. The molecule has 0 heterocycles. The van der Waals surface area contributed by atoms with Gasteiger partial charge in [0.2, 0.25) is 0 Å². The summed E-state index contributed by atoms with van der Waals surface area (Å²) in [5.41, 5.74) is 5.98. The Morgan fingerprint density at radius 1 is 1.31 bits per heavy atom. The summed E-state index contributed by atoms with van der Waals surface area (Å²) in [5.74, 6) is 1.37. The molecule has 0 radical (unpaired) electrons. The molecule has 0 aromatic rings. The molecule has 4 heteroatoms. The predicted molar refractivity (Wildman–Crippen MR) is 68.0 cm³/mol. The largest absolute Gasteiger partial charge is 0.327 e. The summed E-state index contributed by atoms with van der Waals surface area (Å²) in [6, 6.07) is -0.147. The Labute approximate surface area is 99.7 Å². The molecule has 0 aromatic carbocycles. The van der Waals surface area contributed by atoms with Crippen LogP contribution < -0.4 is 5.73 Å². The zero-order valence-corrected chi connectivity index (χ0v) is 11.5. The lowest BCUT2D eigenvalue weighted by atomic mass is 9.79. The Balaban J connectivity index is 2.77. The van der Waals surface area contributed by atoms with E-state index < -0.39 is 9.84 Å². The molecule has 96 valence electrons. The number of rotatable bonds is 4. The lowest BCUT2D eigenvalue weighted by molar-refractivity contribution is 0.261. The fourth-order valence-electron chi connectivity index (χ4n) is 2.64. The van der Waals surface area contributed by atoms with Crippen molar-refractivity contribution in [3.63, 3.8) is 0 Å². The maximum Gasteiger partial charge on any atom is 0.154 e. The van der Waals surface area contributed by atoms with Crippen LogP contribution in [0.1, 0.15) is 46.5 Å². The Morgan fingerprint density at radius 3 is 2.44 bits per heavy atom. The van der Waals surface area contributed by atoms with Crippen LogP contribution in [0.5, 0.6) is 0 Å². The first-order chi connectivity index (χ1) is 7.38. The number of hydrogen-bond donors (Lipinski definition) is 1. The van der Waals surface area contributed by atoms with Crippen molar-refractivity contribution in [2.24, 2.45) is 17.6 Å². The minimum absolute atomic E-state index is 0.147. The van der Waals surface area contributed by atoms with Gasteiger partial charge in [0.05, 0.1) is 11.0 Å². The Kier molecular flexibility index (Phi) is 4.80. The first-order valence-electron chi connectivity index (χ1n) is 6.35. The third-order valence-corrected chi connectivity index (χ3v) is 6.22. The topological polar surface area (TPSA) is 60.2 Å². The third kappa shape index (κ3) is 3.20. The van der Waals surface area contributed by atoms with Gasteiger partial charge >= 0.3 is 0 Å². The van der Waals surface area contributed by atoms with Gasteiger partial charge in [-0.3, -0.25) is 0 Å². The van der Waals surface area contributed by atoms with E-state index in [0.29, 0.717) is 18.3 Å². The van der Waals surface area contributed by atoms with Crippen molar-refractivity contribution in [1.29, 1.82) is 0 Å². The highest BCUT2D eigenvalue weighted by Crippen LogP contribution is 2.33. The minimum Gasteiger partial charge on any atom is -0.327 e. The summed E-state index contributed by atoms with van der Waals surface area (Å²) >= 11 is 0. The van der Waals surface area contributed by atoms with Gasteiger partial charge in [0.25, 0.3) is 0 Å². The molecule has 1 rings (SSSR count). The molecular weight excluding hydrogens is 222 g/mol. The summed E-state index contributed by atoms with van der Waals surface area (Å²) in [6.45, 7) is 6.25. The number of nitrogens with two attached hydrogens (primary N) is 1. The second kappa shape index (κ2) is 5.50. The highest BCUT2D eigenvalue weighted by molar-refractivity contribution is 7.92. The normalized spacial score (nSPS) is 31.9. The van der Waals surface area contributed by atoms with Gasteiger partial charge in [-0.15, -0.1) is 0 Å². The quantitative estimate of drug-likeness (QED) is 0.826. The first-order valence-corrected chi connectivity index (χ1v) is 8.07. The van der Waals surface area contributed by atoms with Crippen LogP contribution in [0.3, 0.4) is 0 Å². The SMILES string of the molecule is CCCS(=O)(=O)C1CC(C(C)C)CCC1N. The maximum atomic E-state index is 12.1. The van der Waals surface area contributed by atoms with E-state index >= 15 is 0 Å². The molecule has 3 unspecified atom stereocenters. The second-order valence-electron chi connectivity index (χ2n) is 5.39. The molecule has 1 fully saturated rings. The van der Waals surface area contributed by atoms with Gasteiger partial charge in [-0.25, -0.2) is 8.42 Å². The molecule has 0 spiro atoms. The fourth-order valence-corrected chi connectivity index (χ4v) is 4.72. The van der Waals surface area contributed by atoms with Crippen molar-refractivity contribution in [2.75, 3.05) is 5.75 Å². The van der Waals surface area contributed by atoms with Crippen LogP contribution in [0.25, 0.3) is 0 Å². The molecule has 3 nitrogen and oxygen atoms in total. The lowest BCUT2D eigenvalue weighted by Gasteiger charge is -2.35. The molecule has 1 saturated carbocycles. The molecular formula is C12H25NO2S. The molecule has 1 aliphatic carbocycles. The van der Waals surface area contributed by atoms with Crippen LogP contribution in [0, 0.1) is 11.8 Å². The Hall–Kier alpha value is -0.0900. The average molecular weight is 247 g/mol. The van der Waals surface area contributed by atoms with E-state index in [0.717, 1.165) is 19.3 Å². The summed E-state index contributed by atoms with van der Waals surface area (Å²) in [4.78, 5) is 0. The van der Waals surface area contributed by atoms with Crippen LogP contribution in [-0.4, -0.2) is 25.5 Å². The summed E-state index contributed by atoms with van der Waals surface area (Å²) in [5, 5.41) is -0.298. The van der Waals surface area contributed by atoms with Gasteiger partial charge in [-0.05, 0) is 37.5 Å². The van der Waals surface area contributed by atoms with Gasteiger partial charge in [0, 0.05) is 6.04 Å². The minimum atomic E-state index is -2.97. The summed E-state index contributed by atoms with van der Waals surface area (Å²) in [7, 11) is -2.97. The molecule has 3 atom stereocenters. The molecule has 0 aliphatic heterocycles. The van der Waals surface area contributed by atoms with Crippen molar-refractivity contribution in [3.05, 3.63) is 0 Å². The van der Waals surface area contributed by atoms with Crippen LogP contribution in [-0.2, 0) is 9.84 Å². The highest BCUT2D eigenvalue weighted by Gasteiger charge is 2.37. The fraction of sp³-hybridized carbons (Fsp3) is 1.00. The molecule has 1 aliphatic rings. The second-order valence-corrected chi connectivity index (χ2v) is 7.73. The average Bonchev–Trinajstić information content (AvgIpc) is 2.17. The van der Waals surface area contributed by atoms with E-state index in [2.05, 4.69) is 13.8 Å². The van der Waals surface area contributed by atoms with E-state index in [-0.39, 0.29) is 17.0 Å². The summed E-state index contributed by atoms with van der Waals surface area (Å²) < 4.78 is 24.2. The lowest BCUT2D eigenvalue weighted by Crippen LogP contribution is -2.46. The van der Waals surface area contributed by atoms with E-state index in [9.17, 15) is 8.42 Å². The van der Waals surface area contributed by atoms with Crippen LogP contribution >= 0.6 is 0 Å². The zero-order valence-electron chi connectivity index (χ0n) is 10.6. The van der Waals surface area contributed by atoms with Crippen molar-refractivity contribution < 1.29 is 8.42 Å². The van der Waals surface area contributed by atoms with Crippen molar-refractivity contribution >= 4 is 9.84 Å². The van der Waals surface area contributed by atoms with Crippen LogP contribution in [0.15, 0.2) is 0 Å². The molecule has 0 aromatic heterocycles.